The van der Waals surface area contributed by atoms with Crippen molar-refractivity contribution in [3.63, 3.8) is 0 Å². The summed E-state index contributed by atoms with van der Waals surface area (Å²) in [5.41, 5.74) is 7.31. The van der Waals surface area contributed by atoms with E-state index in [1.807, 2.05) is 11.3 Å². The Hall–Kier alpha value is -3.88. The lowest BCUT2D eigenvalue weighted by atomic mass is 10.0. The van der Waals surface area contributed by atoms with Crippen LogP contribution in [-0.4, -0.2) is 7.05 Å². The molecule has 1 nitrogen and oxygen atoms in total. The fourth-order valence-electron chi connectivity index (χ4n) is 4.57. The highest BCUT2D eigenvalue weighted by molar-refractivity contribution is 7.25. The number of nitrogens with zero attached hydrogens (tertiary/aromatic N) is 1. The van der Waals surface area contributed by atoms with E-state index in [1.54, 1.807) is 0 Å². The SMILES string of the molecule is CN(c1cccc(-c2ccc3sc4ccccc4c3c2)c1)c1ccccc1-c1ccccc1. The van der Waals surface area contributed by atoms with Crippen molar-refractivity contribution in [1.82, 2.24) is 0 Å². The molecule has 2 heteroatoms. The molecule has 0 bridgehead atoms. The Morgan fingerprint density at radius 3 is 2.12 bits per heavy atom. The second-order valence-corrected chi connectivity index (χ2v) is 9.39. The van der Waals surface area contributed by atoms with Crippen LogP contribution in [0.5, 0.6) is 0 Å². The fourth-order valence-corrected chi connectivity index (χ4v) is 5.65. The quantitative estimate of drug-likeness (QED) is 0.263. The number of anilines is 2. The molecule has 0 N–H and O–H groups in total. The number of fused-ring (bicyclic) bond motifs is 3. The summed E-state index contributed by atoms with van der Waals surface area (Å²) >= 11 is 1.86. The maximum Gasteiger partial charge on any atom is 0.0487 e. The van der Waals surface area contributed by atoms with Crippen molar-refractivity contribution in [2.75, 3.05) is 11.9 Å². The first-order chi connectivity index (χ1) is 16.3. The molecule has 33 heavy (non-hydrogen) atoms. The summed E-state index contributed by atoms with van der Waals surface area (Å²) in [6, 6.07) is 43.5. The maximum atomic E-state index is 2.34. The number of rotatable bonds is 4. The molecule has 1 aromatic heterocycles. The Bertz CT molecular complexity index is 1580. The van der Waals surface area contributed by atoms with Gasteiger partial charge in [0.1, 0.15) is 0 Å². The molecule has 5 aromatic carbocycles. The lowest BCUT2D eigenvalue weighted by Crippen LogP contribution is -2.10. The molecule has 0 spiro atoms. The van der Waals surface area contributed by atoms with Crippen molar-refractivity contribution in [3.8, 4) is 22.3 Å². The molecule has 6 rings (SSSR count). The Labute approximate surface area is 198 Å². The molecular formula is C31H23NS. The minimum atomic E-state index is 1.17. The third kappa shape index (κ3) is 3.59. The molecule has 0 aliphatic heterocycles. The van der Waals surface area contributed by atoms with Crippen molar-refractivity contribution in [1.29, 1.82) is 0 Å². The summed E-state index contributed by atoms with van der Waals surface area (Å²) in [4.78, 5) is 2.28. The van der Waals surface area contributed by atoms with Gasteiger partial charge in [-0.05, 0) is 53.1 Å². The smallest absolute Gasteiger partial charge is 0.0487 e. The minimum absolute atomic E-state index is 1.17. The topological polar surface area (TPSA) is 3.24 Å². The first-order valence-electron chi connectivity index (χ1n) is 11.2. The van der Waals surface area contributed by atoms with Gasteiger partial charge in [0, 0.05) is 44.2 Å². The van der Waals surface area contributed by atoms with Crippen molar-refractivity contribution < 1.29 is 0 Å². The van der Waals surface area contributed by atoms with E-state index in [9.17, 15) is 0 Å². The lowest BCUT2D eigenvalue weighted by Gasteiger charge is -2.23. The number of para-hydroxylation sites is 1. The highest BCUT2D eigenvalue weighted by Gasteiger charge is 2.12. The molecule has 0 radical (unpaired) electrons. The summed E-state index contributed by atoms with van der Waals surface area (Å²) in [5.74, 6) is 0. The van der Waals surface area contributed by atoms with E-state index >= 15 is 0 Å². The Kier molecular flexibility index (Phi) is 4.93. The second kappa shape index (κ2) is 8.23. The average molecular weight is 442 g/mol. The van der Waals surface area contributed by atoms with Gasteiger partial charge in [0.15, 0.2) is 0 Å². The van der Waals surface area contributed by atoms with Crippen molar-refractivity contribution in [3.05, 3.63) is 121 Å². The molecular weight excluding hydrogens is 418 g/mol. The van der Waals surface area contributed by atoms with Crippen LogP contribution in [0.1, 0.15) is 0 Å². The zero-order chi connectivity index (χ0) is 22.2. The normalized spacial score (nSPS) is 11.2. The van der Waals surface area contributed by atoms with E-state index < -0.39 is 0 Å². The molecule has 0 atom stereocenters. The highest BCUT2D eigenvalue weighted by atomic mass is 32.1. The Morgan fingerprint density at radius 1 is 0.515 bits per heavy atom. The summed E-state index contributed by atoms with van der Waals surface area (Å²) in [6.45, 7) is 0. The first-order valence-corrected chi connectivity index (χ1v) is 12.0. The van der Waals surface area contributed by atoms with Gasteiger partial charge in [-0.3, -0.25) is 0 Å². The van der Waals surface area contributed by atoms with Gasteiger partial charge in [0.25, 0.3) is 0 Å². The largest absolute Gasteiger partial charge is 0.344 e. The molecule has 0 unspecified atom stereocenters. The van der Waals surface area contributed by atoms with Crippen molar-refractivity contribution in [2.45, 2.75) is 0 Å². The summed E-state index contributed by atoms with van der Waals surface area (Å²) < 4.78 is 2.68. The first kappa shape index (κ1) is 19.8. The van der Waals surface area contributed by atoms with Crippen LogP contribution in [0.4, 0.5) is 11.4 Å². The van der Waals surface area contributed by atoms with Crippen LogP contribution in [0.15, 0.2) is 121 Å². The van der Waals surface area contributed by atoms with Crippen LogP contribution in [0.2, 0.25) is 0 Å². The highest BCUT2D eigenvalue weighted by Crippen LogP contribution is 2.38. The zero-order valence-electron chi connectivity index (χ0n) is 18.4. The fraction of sp³-hybridized carbons (Fsp3) is 0.0323. The van der Waals surface area contributed by atoms with Crippen molar-refractivity contribution >= 4 is 42.9 Å². The molecule has 0 aliphatic carbocycles. The molecule has 158 valence electrons. The number of thiophene rings is 1. The van der Waals surface area contributed by atoms with Gasteiger partial charge in [0.05, 0.1) is 0 Å². The minimum Gasteiger partial charge on any atom is -0.344 e. The molecule has 0 saturated carbocycles. The molecule has 0 amide bonds. The second-order valence-electron chi connectivity index (χ2n) is 8.30. The number of hydrogen-bond acceptors (Lipinski definition) is 2. The van der Waals surface area contributed by atoms with Crippen LogP contribution in [0.25, 0.3) is 42.4 Å². The van der Waals surface area contributed by atoms with Crippen LogP contribution in [0, 0.1) is 0 Å². The van der Waals surface area contributed by atoms with Gasteiger partial charge in [0.2, 0.25) is 0 Å². The molecule has 0 saturated heterocycles. The van der Waals surface area contributed by atoms with Crippen LogP contribution >= 0.6 is 11.3 Å². The van der Waals surface area contributed by atoms with E-state index in [2.05, 4.69) is 133 Å². The molecule has 6 aromatic rings. The van der Waals surface area contributed by atoms with Gasteiger partial charge in [-0.1, -0.05) is 84.9 Å². The molecule has 0 aliphatic rings. The third-order valence-electron chi connectivity index (χ3n) is 6.29. The number of benzene rings is 5. The van der Waals surface area contributed by atoms with Crippen LogP contribution in [0.3, 0.4) is 0 Å². The maximum absolute atomic E-state index is 2.34. The van der Waals surface area contributed by atoms with Gasteiger partial charge in [-0.2, -0.15) is 0 Å². The van der Waals surface area contributed by atoms with Gasteiger partial charge in [-0.25, -0.2) is 0 Å². The summed E-state index contributed by atoms with van der Waals surface area (Å²) in [6.07, 6.45) is 0. The number of hydrogen-bond donors (Lipinski definition) is 0. The average Bonchev–Trinajstić information content (AvgIpc) is 3.27. The van der Waals surface area contributed by atoms with Gasteiger partial charge >= 0.3 is 0 Å². The standard InChI is InChI=1S/C31H23NS/c1-32(29-16-7-5-14-26(29)22-10-3-2-4-11-22)25-13-9-12-23(20-25)24-18-19-31-28(21-24)27-15-6-8-17-30(27)33-31/h2-21H,1H3. The van der Waals surface area contributed by atoms with E-state index in [0.29, 0.717) is 0 Å². The predicted octanol–water partition coefficient (Wildman–Crippen LogP) is 9.16. The van der Waals surface area contributed by atoms with Crippen molar-refractivity contribution in [2.24, 2.45) is 0 Å². The van der Waals surface area contributed by atoms with E-state index in [1.165, 1.54) is 53.8 Å². The molecule has 1 heterocycles. The third-order valence-corrected chi connectivity index (χ3v) is 7.45. The zero-order valence-corrected chi connectivity index (χ0v) is 19.2. The predicted molar refractivity (Wildman–Crippen MR) is 145 cm³/mol. The van der Waals surface area contributed by atoms with E-state index in [4.69, 9.17) is 0 Å². The monoisotopic (exact) mass is 441 g/mol. The van der Waals surface area contributed by atoms with Crippen LogP contribution < -0.4 is 4.90 Å². The molecule has 0 fully saturated rings. The summed E-state index contributed by atoms with van der Waals surface area (Å²) in [5, 5.41) is 2.67. The Morgan fingerprint density at radius 2 is 1.21 bits per heavy atom. The van der Waals surface area contributed by atoms with Gasteiger partial charge in [-0.15, -0.1) is 11.3 Å². The van der Waals surface area contributed by atoms with E-state index in [-0.39, 0.29) is 0 Å². The van der Waals surface area contributed by atoms with E-state index in [0.717, 1.165) is 0 Å². The Balaban J connectivity index is 1.42. The van der Waals surface area contributed by atoms with Crippen LogP contribution in [-0.2, 0) is 0 Å². The summed E-state index contributed by atoms with van der Waals surface area (Å²) in [7, 11) is 2.15. The van der Waals surface area contributed by atoms with Gasteiger partial charge < -0.3 is 4.90 Å². The lowest BCUT2D eigenvalue weighted by molar-refractivity contribution is 1.21.